The Kier molecular flexibility index (Phi) is 4.78. The molecule has 0 saturated carbocycles. The maximum absolute atomic E-state index is 12.4. The monoisotopic (exact) mass is 320 g/mol. The third kappa shape index (κ3) is 3.42. The van der Waals surface area contributed by atoms with Crippen molar-refractivity contribution >= 4 is 10.0 Å². The first-order chi connectivity index (χ1) is 10.2. The lowest BCUT2D eigenvalue weighted by atomic mass is 10.2. The fraction of sp³-hybridized carbons (Fsp3) is 0.412. The van der Waals surface area contributed by atoms with E-state index in [1.54, 1.807) is 6.07 Å². The molecule has 0 amide bonds. The van der Waals surface area contributed by atoms with Crippen molar-refractivity contribution in [2.24, 2.45) is 7.05 Å². The lowest BCUT2D eigenvalue weighted by molar-refractivity contribution is 0.581. The Bertz CT molecular complexity index is 789. The highest BCUT2D eigenvalue weighted by atomic mass is 32.2. The maximum Gasteiger partial charge on any atom is 0.240 e. The number of aromatic nitrogens is 1. The summed E-state index contributed by atoms with van der Waals surface area (Å²) in [6, 6.07) is 7.59. The van der Waals surface area contributed by atoms with Crippen LogP contribution >= 0.6 is 0 Å². The quantitative estimate of drug-likeness (QED) is 0.921. The van der Waals surface area contributed by atoms with Gasteiger partial charge in [0.2, 0.25) is 10.0 Å². The van der Waals surface area contributed by atoms with Gasteiger partial charge in [-0.05, 0) is 62.9 Å². The summed E-state index contributed by atoms with van der Waals surface area (Å²) in [6.45, 7) is 8.23. The number of nitrogens with zero attached hydrogens (tertiary/aromatic N) is 1. The molecule has 2 aromatic rings. The summed E-state index contributed by atoms with van der Waals surface area (Å²) in [6.07, 6.45) is 0.692. The molecule has 1 heterocycles. The van der Waals surface area contributed by atoms with Crippen molar-refractivity contribution in [3.05, 3.63) is 52.3 Å². The van der Waals surface area contributed by atoms with E-state index in [9.17, 15) is 8.42 Å². The number of benzene rings is 1. The molecule has 4 nitrogen and oxygen atoms in total. The van der Waals surface area contributed by atoms with Crippen LogP contribution in [0.3, 0.4) is 0 Å². The second-order valence-electron chi connectivity index (χ2n) is 5.87. The molecule has 2 rings (SSSR count). The number of hydrogen-bond donors (Lipinski definition) is 1. The predicted molar refractivity (Wildman–Crippen MR) is 89.7 cm³/mol. The van der Waals surface area contributed by atoms with Crippen molar-refractivity contribution in [2.45, 2.75) is 39.0 Å². The van der Waals surface area contributed by atoms with Gasteiger partial charge in [-0.3, -0.25) is 0 Å². The third-order valence-electron chi connectivity index (χ3n) is 4.20. The largest absolute Gasteiger partial charge is 0.352 e. The van der Waals surface area contributed by atoms with Crippen LogP contribution in [0.5, 0.6) is 0 Å². The van der Waals surface area contributed by atoms with Crippen molar-refractivity contribution in [2.75, 3.05) is 6.54 Å². The Balaban J connectivity index is 2.10. The number of aryl methyl sites for hydroxylation is 3. The number of rotatable bonds is 5. The van der Waals surface area contributed by atoms with E-state index in [0.29, 0.717) is 17.9 Å². The first-order valence-corrected chi connectivity index (χ1v) is 8.89. The molecule has 22 heavy (non-hydrogen) atoms. The Labute approximate surface area is 133 Å². The van der Waals surface area contributed by atoms with E-state index >= 15 is 0 Å². The Morgan fingerprint density at radius 1 is 1.09 bits per heavy atom. The van der Waals surface area contributed by atoms with Crippen LogP contribution < -0.4 is 4.72 Å². The van der Waals surface area contributed by atoms with Crippen molar-refractivity contribution < 1.29 is 8.42 Å². The number of hydrogen-bond acceptors (Lipinski definition) is 2. The summed E-state index contributed by atoms with van der Waals surface area (Å²) in [5, 5.41) is 0. The normalized spacial score (nSPS) is 11.9. The molecule has 0 aliphatic rings. The minimum atomic E-state index is -3.46. The molecule has 0 aliphatic carbocycles. The average molecular weight is 320 g/mol. The fourth-order valence-corrected chi connectivity index (χ4v) is 3.94. The van der Waals surface area contributed by atoms with Crippen molar-refractivity contribution in [1.82, 2.24) is 9.29 Å². The van der Waals surface area contributed by atoms with Gasteiger partial charge in [0, 0.05) is 25.0 Å². The van der Waals surface area contributed by atoms with Crippen LogP contribution in [0, 0.1) is 27.7 Å². The van der Waals surface area contributed by atoms with Crippen LogP contribution in [0.1, 0.15) is 28.1 Å². The van der Waals surface area contributed by atoms with Crippen molar-refractivity contribution in [3.63, 3.8) is 0 Å². The summed E-state index contributed by atoms with van der Waals surface area (Å²) in [4.78, 5) is 0.369. The number of nitrogens with one attached hydrogen (secondary N) is 1. The molecule has 120 valence electrons. The minimum Gasteiger partial charge on any atom is -0.352 e. The summed E-state index contributed by atoms with van der Waals surface area (Å²) < 4.78 is 29.7. The zero-order valence-corrected chi connectivity index (χ0v) is 14.7. The van der Waals surface area contributed by atoms with Gasteiger partial charge in [-0.1, -0.05) is 12.1 Å². The molecule has 0 atom stereocenters. The summed E-state index contributed by atoms with van der Waals surface area (Å²) in [7, 11) is -1.43. The fourth-order valence-electron chi connectivity index (χ4n) is 2.58. The van der Waals surface area contributed by atoms with Crippen LogP contribution in [0.2, 0.25) is 0 Å². The van der Waals surface area contributed by atoms with Gasteiger partial charge < -0.3 is 4.57 Å². The summed E-state index contributed by atoms with van der Waals surface area (Å²) in [5.74, 6) is 0. The van der Waals surface area contributed by atoms with Gasteiger partial charge in [0.25, 0.3) is 0 Å². The van der Waals surface area contributed by atoms with E-state index in [-0.39, 0.29) is 0 Å². The molecule has 1 aromatic heterocycles. The lowest BCUT2D eigenvalue weighted by Crippen LogP contribution is -2.26. The molecule has 5 heteroatoms. The van der Waals surface area contributed by atoms with Gasteiger partial charge in [-0.2, -0.15) is 0 Å². The lowest BCUT2D eigenvalue weighted by Gasteiger charge is -2.10. The predicted octanol–water partition coefficient (Wildman–Crippen LogP) is 2.78. The van der Waals surface area contributed by atoms with E-state index in [0.717, 1.165) is 11.1 Å². The first kappa shape index (κ1) is 16.8. The molecule has 1 N–H and O–H groups in total. The van der Waals surface area contributed by atoms with Gasteiger partial charge in [0.1, 0.15) is 0 Å². The zero-order valence-electron chi connectivity index (χ0n) is 13.9. The smallest absolute Gasteiger partial charge is 0.240 e. The molecule has 1 aromatic carbocycles. The Morgan fingerprint density at radius 3 is 2.36 bits per heavy atom. The van der Waals surface area contributed by atoms with E-state index in [1.807, 2.05) is 33.0 Å². The standard InChI is InChI=1S/C17H24N2O2S/c1-12-6-7-13(2)17(10-12)22(20,21)18-9-8-16-11-14(3)19(5)15(16)4/h6-7,10-11,18H,8-9H2,1-5H3. The van der Waals surface area contributed by atoms with Gasteiger partial charge in [-0.15, -0.1) is 0 Å². The van der Waals surface area contributed by atoms with Gasteiger partial charge >= 0.3 is 0 Å². The highest BCUT2D eigenvalue weighted by molar-refractivity contribution is 7.89. The zero-order chi connectivity index (χ0) is 16.5. The van der Waals surface area contributed by atoms with Crippen LogP contribution in [0.15, 0.2) is 29.2 Å². The van der Waals surface area contributed by atoms with E-state index < -0.39 is 10.0 Å². The SMILES string of the molecule is Cc1ccc(C)c(S(=O)(=O)NCCc2cc(C)n(C)c2C)c1. The molecule has 0 spiro atoms. The maximum atomic E-state index is 12.4. The molecule has 0 aliphatic heterocycles. The molecule has 0 bridgehead atoms. The molecule has 0 saturated heterocycles. The Morgan fingerprint density at radius 2 is 1.77 bits per heavy atom. The van der Waals surface area contributed by atoms with E-state index in [4.69, 9.17) is 0 Å². The molecular weight excluding hydrogens is 296 g/mol. The van der Waals surface area contributed by atoms with Gasteiger partial charge in [0.05, 0.1) is 4.90 Å². The van der Waals surface area contributed by atoms with Crippen LogP contribution in [0.25, 0.3) is 0 Å². The Hall–Kier alpha value is -1.59. The van der Waals surface area contributed by atoms with Gasteiger partial charge in [-0.25, -0.2) is 13.1 Å². The second-order valence-corrected chi connectivity index (χ2v) is 7.61. The molecule has 0 unspecified atom stereocenters. The highest BCUT2D eigenvalue weighted by Gasteiger charge is 2.16. The van der Waals surface area contributed by atoms with Gasteiger partial charge in [0.15, 0.2) is 0 Å². The van der Waals surface area contributed by atoms with Crippen LogP contribution in [0.4, 0.5) is 0 Å². The van der Waals surface area contributed by atoms with E-state index in [2.05, 4.69) is 29.2 Å². The topological polar surface area (TPSA) is 51.1 Å². The summed E-state index contributed by atoms with van der Waals surface area (Å²) >= 11 is 0. The third-order valence-corrected chi connectivity index (χ3v) is 5.80. The molecule has 0 radical (unpaired) electrons. The average Bonchev–Trinajstić information content (AvgIpc) is 2.69. The minimum absolute atomic E-state index is 0.369. The number of sulfonamides is 1. The first-order valence-electron chi connectivity index (χ1n) is 7.41. The second kappa shape index (κ2) is 6.26. The molecule has 0 fully saturated rings. The van der Waals surface area contributed by atoms with Crippen molar-refractivity contribution in [1.29, 1.82) is 0 Å². The van der Waals surface area contributed by atoms with E-state index in [1.165, 1.54) is 17.0 Å². The summed E-state index contributed by atoms with van der Waals surface area (Å²) in [5.41, 5.74) is 5.27. The van der Waals surface area contributed by atoms with Crippen molar-refractivity contribution in [3.8, 4) is 0 Å². The highest BCUT2D eigenvalue weighted by Crippen LogP contribution is 2.17. The van der Waals surface area contributed by atoms with Crippen LogP contribution in [-0.2, 0) is 23.5 Å². The van der Waals surface area contributed by atoms with Crippen LogP contribution in [-0.4, -0.2) is 19.5 Å². The molecular formula is C17H24N2O2S.